The molecule has 9 heteroatoms. The van der Waals surface area contributed by atoms with Gasteiger partial charge in [0.1, 0.15) is 0 Å². The number of nitrogens with one attached hydrogen (secondary N) is 3. The van der Waals surface area contributed by atoms with Gasteiger partial charge in [-0.15, -0.1) is 0 Å². The van der Waals surface area contributed by atoms with E-state index in [9.17, 15) is 18.0 Å². The van der Waals surface area contributed by atoms with Crippen molar-refractivity contribution in [1.29, 1.82) is 0 Å². The zero-order valence-electron chi connectivity index (χ0n) is 14.9. The van der Waals surface area contributed by atoms with E-state index >= 15 is 0 Å². The fourth-order valence-electron chi connectivity index (χ4n) is 2.45. The second-order valence-corrected chi connectivity index (χ2v) is 8.63. The molecule has 2 aromatic rings. The molecular formula is C19H20ClN3O4S. The van der Waals surface area contributed by atoms with E-state index in [4.69, 9.17) is 11.6 Å². The molecule has 0 heterocycles. The van der Waals surface area contributed by atoms with Crippen LogP contribution >= 0.6 is 11.6 Å². The average Bonchev–Trinajstić information content (AvgIpc) is 3.45. The van der Waals surface area contributed by atoms with Crippen LogP contribution in [0.1, 0.15) is 29.6 Å². The highest BCUT2D eigenvalue weighted by Gasteiger charge is 2.28. The predicted octanol–water partition coefficient (Wildman–Crippen LogP) is 2.54. The molecule has 0 bridgehead atoms. The molecule has 0 radical (unpaired) electrons. The van der Waals surface area contributed by atoms with Gasteiger partial charge in [-0.3, -0.25) is 9.59 Å². The zero-order chi connectivity index (χ0) is 20.1. The standard InChI is InChI=1S/C19H20ClN3O4S/c20-14-6-4-13(5-7-14)19(25)21-11-10-18(24)22-16-2-1-3-17(12-16)28(26,27)23-15-8-9-15/h1-7,12,15,23H,8-11H2,(H,21,25)(H,22,24). The van der Waals surface area contributed by atoms with Crippen LogP contribution < -0.4 is 15.4 Å². The first-order valence-electron chi connectivity index (χ1n) is 8.79. The lowest BCUT2D eigenvalue weighted by Gasteiger charge is -2.09. The number of hydrogen-bond donors (Lipinski definition) is 3. The maximum absolute atomic E-state index is 12.2. The molecule has 2 amide bonds. The Kier molecular flexibility index (Phi) is 6.33. The number of rotatable bonds is 8. The van der Waals surface area contributed by atoms with Crippen molar-refractivity contribution in [3.8, 4) is 0 Å². The first-order chi connectivity index (χ1) is 13.3. The number of hydrogen-bond acceptors (Lipinski definition) is 4. The van der Waals surface area contributed by atoms with Gasteiger partial charge in [0, 0.05) is 35.3 Å². The molecule has 0 aromatic heterocycles. The molecule has 1 fully saturated rings. The van der Waals surface area contributed by atoms with Gasteiger partial charge in [-0.25, -0.2) is 13.1 Å². The predicted molar refractivity (Wildman–Crippen MR) is 107 cm³/mol. The Morgan fingerprint density at radius 2 is 1.79 bits per heavy atom. The molecule has 0 spiro atoms. The number of carbonyl (C=O) groups excluding carboxylic acids is 2. The number of anilines is 1. The summed E-state index contributed by atoms with van der Waals surface area (Å²) in [5.74, 6) is -0.634. The van der Waals surface area contributed by atoms with Crippen LogP contribution in [0.25, 0.3) is 0 Å². The maximum Gasteiger partial charge on any atom is 0.251 e. The van der Waals surface area contributed by atoms with Gasteiger partial charge in [0.15, 0.2) is 0 Å². The molecule has 28 heavy (non-hydrogen) atoms. The lowest BCUT2D eigenvalue weighted by Crippen LogP contribution is -2.28. The van der Waals surface area contributed by atoms with Crippen molar-refractivity contribution >= 4 is 39.1 Å². The summed E-state index contributed by atoms with van der Waals surface area (Å²) < 4.78 is 27.1. The third-order valence-electron chi connectivity index (χ3n) is 4.07. The van der Waals surface area contributed by atoms with E-state index in [0.717, 1.165) is 12.8 Å². The molecule has 3 N–H and O–H groups in total. The Bertz CT molecular complexity index is 973. The molecule has 0 unspecified atom stereocenters. The fraction of sp³-hybridized carbons (Fsp3) is 0.263. The number of sulfonamides is 1. The van der Waals surface area contributed by atoms with Gasteiger partial charge < -0.3 is 10.6 Å². The Balaban J connectivity index is 1.50. The van der Waals surface area contributed by atoms with E-state index in [1.54, 1.807) is 36.4 Å². The highest BCUT2D eigenvalue weighted by atomic mass is 35.5. The molecular weight excluding hydrogens is 402 g/mol. The number of carbonyl (C=O) groups is 2. The topological polar surface area (TPSA) is 104 Å². The summed E-state index contributed by atoms with van der Waals surface area (Å²) in [6.45, 7) is 0.147. The number of halogens is 1. The summed E-state index contributed by atoms with van der Waals surface area (Å²) >= 11 is 5.78. The van der Waals surface area contributed by atoms with Crippen molar-refractivity contribution in [3.05, 3.63) is 59.1 Å². The Morgan fingerprint density at radius 1 is 1.07 bits per heavy atom. The van der Waals surface area contributed by atoms with E-state index in [0.29, 0.717) is 16.3 Å². The summed E-state index contributed by atoms with van der Waals surface area (Å²) in [4.78, 5) is 24.2. The van der Waals surface area contributed by atoms with Crippen LogP contribution in [0.5, 0.6) is 0 Å². The first kappa shape index (κ1) is 20.3. The normalized spacial score (nSPS) is 13.8. The monoisotopic (exact) mass is 421 g/mol. The third-order valence-corrected chi connectivity index (χ3v) is 5.84. The van der Waals surface area contributed by atoms with E-state index in [1.807, 2.05) is 0 Å². The first-order valence-corrected chi connectivity index (χ1v) is 10.7. The highest BCUT2D eigenvalue weighted by molar-refractivity contribution is 7.89. The van der Waals surface area contributed by atoms with Crippen LogP contribution in [0.4, 0.5) is 5.69 Å². The zero-order valence-corrected chi connectivity index (χ0v) is 16.5. The third kappa shape index (κ3) is 5.79. The average molecular weight is 422 g/mol. The fourth-order valence-corrected chi connectivity index (χ4v) is 3.92. The Labute approximate surface area is 168 Å². The Hall–Kier alpha value is -2.42. The van der Waals surface area contributed by atoms with Crippen molar-refractivity contribution in [2.75, 3.05) is 11.9 Å². The van der Waals surface area contributed by atoms with Gasteiger partial charge >= 0.3 is 0 Å². The van der Waals surface area contributed by atoms with Gasteiger partial charge in [-0.05, 0) is 55.3 Å². The van der Waals surface area contributed by atoms with Crippen LogP contribution in [0.3, 0.4) is 0 Å². The second kappa shape index (κ2) is 8.72. The van der Waals surface area contributed by atoms with Crippen LogP contribution in [0, 0.1) is 0 Å². The molecule has 7 nitrogen and oxygen atoms in total. The maximum atomic E-state index is 12.2. The minimum absolute atomic E-state index is 0.00694. The Morgan fingerprint density at radius 3 is 2.46 bits per heavy atom. The molecule has 0 aliphatic heterocycles. The van der Waals surface area contributed by atoms with Gasteiger partial charge in [-0.2, -0.15) is 0 Å². The lowest BCUT2D eigenvalue weighted by atomic mass is 10.2. The summed E-state index contributed by atoms with van der Waals surface area (Å²) in [5.41, 5.74) is 0.832. The van der Waals surface area contributed by atoms with Crippen LogP contribution in [-0.2, 0) is 14.8 Å². The highest BCUT2D eigenvalue weighted by Crippen LogP contribution is 2.23. The van der Waals surface area contributed by atoms with E-state index in [1.165, 1.54) is 12.1 Å². The van der Waals surface area contributed by atoms with Gasteiger partial charge in [0.2, 0.25) is 15.9 Å². The molecule has 0 saturated heterocycles. The molecule has 2 aromatic carbocycles. The molecule has 0 atom stereocenters. The van der Waals surface area contributed by atoms with E-state index in [-0.39, 0.29) is 35.7 Å². The number of benzene rings is 2. The molecule has 3 rings (SSSR count). The summed E-state index contributed by atoms with van der Waals surface area (Å²) in [6, 6.07) is 12.5. The summed E-state index contributed by atoms with van der Waals surface area (Å²) in [5, 5.41) is 5.83. The van der Waals surface area contributed by atoms with Gasteiger partial charge in [0.25, 0.3) is 5.91 Å². The molecule has 148 valence electrons. The van der Waals surface area contributed by atoms with Crippen molar-refractivity contribution in [1.82, 2.24) is 10.0 Å². The SMILES string of the molecule is O=C(CCNC(=O)c1ccc(Cl)cc1)Nc1cccc(S(=O)(=O)NC2CC2)c1. The summed E-state index contributed by atoms with van der Waals surface area (Å²) in [6.07, 6.45) is 1.74. The van der Waals surface area contributed by atoms with Crippen molar-refractivity contribution in [3.63, 3.8) is 0 Å². The van der Waals surface area contributed by atoms with Crippen molar-refractivity contribution < 1.29 is 18.0 Å². The van der Waals surface area contributed by atoms with Crippen LogP contribution in [0.15, 0.2) is 53.4 Å². The van der Waals surface area contributed by atoms with Crippen LogP contribution in [-0.4, -0.2) is 32.8 Å². The van der Waals surface area contributed by atoms with Crippen LogP contribution in [0.2, 0.25) is 5.02 Å². The second-order valence-electron chi connectivity index (χ2n) is 6.48. The molecule has 1 saturated carbocycles. The summed E-state index contributed by atoms with van der Waals surface area (Å²) in [7, 11) is -3.58. The minimum atomic E-state index is -3.58. The van der Waals surface area contributed by atoms with E-state index in [2.05, 4.69) is 15.4 Å². The van der Waals surface area contributed by atoms with Crippen molar-refractivity contribution in [2.45, 2.75) is 30.2 Å². The minimum Gasteiger partial charge on any atom is -0.352 e. The lowest BCUT2D eigenvalue weighted by molar-refractivity contribution is -0.116. The van der Waals surface area contributed by atoms with Gasteiger partial charge in [-0.1, -0.05) is 17.7 Å². The van der Waals surface area contributed by atoms with Gasteiger partial charge in [0.05, 0.1) is 4.90 Å². The number of amides is 2. The smallest absolute Gasteiger partial charge is 0.251 e. The van der Waals surface area contributed by atoms with E-state index < -0.39 is 10.0 Å². The van der Waals surface area contributed by atoms with Crippen molar-refractivity contribution in [2.24, 2.45) is 0 Å². The molecule has 1 aliphatic rings. The molecule has 1 aliphatic carbocycles. The largest absolute Gasteiger partial charge is 0.352 e. The quantitative estimate of drug-likeness (QED) is 0.609.